The van der Waals surface area contributed by atoms with Crippen molar-refractivity contribution >= 4 is 11.8 Å². The van der Waals surface area contributed by atoms with Crippen molar-refractivity contribution in [2.24, 2.45) is 5.73 Å². The minimum atomic E-state index is -0.699. The molecule has 1 atom stereocenters. The van der Waals surface area contributed by atoms with Gasteiger partial charge in [-0.2, -0.15) is 0 Å². The van der Waals surface area contributed by atoms with Gasteiger partial charge in [0.05, 0.1) is 6.42 Å². The van der Waals surface area contributed by atoms with Crippen LogP contribution in [-0.4, -0.2) is 47.8 Å². The van der Waals surface area contributed by atoms with Crippen LogP contribution in [0.1, 0.15) is 29.2 Å². The highest BCUT2D eigenvalue weighted by molar-refractivity contribution is 5.83. The maximum atomic E-state index is 13.3. The molecule has 0 aromatic heterocycles. The summed E-state index contributed by atoms with van der Waals surface area (Å²) in [5.41, 5.74) is 8.74. The van der Waals surface area contributed by atoms with E-state index in [1.165, 1.54) is 12.1 Å². The first-order valence-corrected chi connectivity index (χ1v) is 9.57. The summed E-state index contributed by atoms with van der Waals surface area (Å²) in [4.78, 5) is 28.8. The van der Waals surface area contributed by atoms with Crippen molar-refractivity contribution in [2.75, 3.05) is 26.2 Å². The van der Waals surface area contributed by atoms with Gasteiger partial charge in [0.1, 0.15) is 11.9 Å². The average Bonchev–Trinajstić information content (AvgIpc) is 2.94. The van der Waals surface area contributed by atoms with Crippen LogP contribution in [0.2, 0.25) is 0 Å². The molecule has 2 aromatic carbocycles. The van der Waals surface area contributed by atoms with Gasteiger partial charge in [0.25, 0.3) is 0 Å². The lowest BCUT2D eigenvalue weighted by Gasteiger charge is -2.25. The van der Waals surface area contributed by atoms with Gasteiger partial charge >= 0.3 is 0 Å². The van der Waals surface area contributed by atoms with Crippen LogP contribution in [0.25, 0.3) is 0 Å². The summed E-state index contributed by atoms with van der Waals surface area (Å²) in [6.45, 7) is 4.05. The maximum Gasteiger partial charge on any atom is 0.244 e. The van der Waals surface area contributed by atoms with Gasteiger partial charge in [-0.05, 0) is 36.6 Å². The van der Waals surface area contributed by atoms with E-state index in [1.807, 2.05) is 31.2 Å². The Morgan fingerprint density at radius 1 is 1.04 bits per heavy atom. The highest BCUT2D eigenvalue weighted by Gasteiger charge is 2.26. The predicted molar refractivity (Wildman–Crippen MR) is 106 cm³/mol. The Morgan fingerprint density at radius 3 is 2.43 bits per heavy atom. The summed E-state index contributed by atoms with van der Waals surface area (Å²) < 4.78 is 13.3. The monoisotopic (exact) mass is 383 g/mol. The summed E-state index contributed by atoms with van der Waals surface area (Å²) in [6.07, 6.45) is 0.857. The minimum Gasteiger partial charge on any atom is -0.341 e. The number of rotatable bonds is 4. The second-order valence-electron chi connectivity index (χ2n) is 7.25. The number of benzene rings is 2. The minimum absolute atomic E-state index is 0.0530. The number of nitrogens with zero attached hydrogens (tertiary/aromatic N) is 2. The number of hydrogen-bond acceptors (Lipinski definition) is 3. The van der Waals surface area contributed by atoms with E-state index in [0.29, 0.717) is 38.2 Å². The van der Waals surface area contributed by atoms with Gasteiger partial charge in [-0.15, -0.1) is 0 Å². The van der Waals surface area contributed by atoms with Crippen molar-refractivity contribution < 1.29 is 14.0 Å². The van der Waals surface area contributed by atoms with Gasteiger partial charge in [0, 0.05) is 26.2 Å². The van der Waals surface area contributed by atoms with Gasteiger partial charge in [-0.25, -0.2) is 4.39 Å². The van der Waals surface area contributed by atoms with E-state index in [9.17, 15) is 14.0 Å². The van der Waals surface area contributed by atoms with E-state index in [2.05, 4.69) is 0 Å². The highest BCUT2D eigenvalue weighted by Crippen LogP contribution is 2.16. The first-order valence-electron chi connectivity index (χ1n) is 9.57. The number of carbonyl (C=O) groups is 2. The molecule has 2 amide bonds. The van der Waals surface area contributed by atoms with E-state index in [1.54, 1.807) is 21.9 Å². The van der Waals surface area contributed by atoms with Crippen LogP contribution < -0.4 is 5.73 Å². The van der Waals surface area contributed by atoms with Gasteiger partial charge in [-0.3, -0.25) is 9.59 Å². The second kappa shape index (κ2) is 8.97. The fourth-order valence-corrected chi connectivity index (χ4v) is 3.43. The van der Waals surface area contributed by atoms with Crippen molar-refractivity contribution in [1.29, 1.82) is 0 Å². The zero-order valence-corrected chi connectivity index (χ0v) is 16.1. The zero-order valence-electron chi connectivity index (χ0n) is 16.1. The average molecular weight is 383 g/mol. The number of amides is 2. The molecule has 1 aliphatic rings. The molecular weight excluding hydrogens is 357 g/mol. The molecule has 5 nitrogen and oxygen atoms in total. The molecule has 28 heavy (non-hydrogen) atoms. The first-order chi connectivity index (χ1) is 13.4. The largest absolute Gasteiger partial charge is 0.341 e. The molecule has 0 spiro atoms. The number of carbonyl (C=O) groups excluding carboxylic acids is 2. The molecular formula is C22H26FN3O2. The molecule has 1 unspecified atom stereocenters. The summed E-state index contributed by atoms with van der Waals surface area (Å²) in [6, 6.07) is 13.0. The Bertz CT molecular complexity index is 838. The first kappa shape index (κ1) is 20.0. The fourth-order valence-electron chi connectivity index (χ4n) is 3.43. The Kier molecular flexibility index (Phi) is 6.41. The van der Waals surface area contributed by atoms with Gasteiger partial charge in [0.2, 0.25) is 11.8 Å². The van der Waals surface area contributed by atoms with Crippen LogP contribution in [0.15, 0.2) is 48.5 Å². The third-order valence-corrected chi connectivity index (χ3v) is 5.11. The number of halogens is 1. The highest BCUT2D eigenvalue weighted by atomic mass is 19.1. The maximum absolute atomic E-state index is 13.3. The Balaban J connectivity index is 1.58. The standard InChI is InChI=1S/C22H26FN3O2/c1-16-6-8-18(9-7-16)21(24)22(28)26-11-3-10-25(12-13-26)20(27)15-17-4-2-5-19(23)14-17/h2,4-9,14,21H,3,10-13,15,24H2,1H3. The number of hydrogen-bond donors (Lipinski definition) is 1. The molecule has 6 heteroatoms. The molecule has 0 saturated carbocycles. The Labute approximate surface area is 164 Å². The molecule has 2 N–H and O–H groups in total. The van der Waals surface area contributed by atoms with Crippen molar-refractivity contribution in [3.8, 4) is 0 Å². The summed E-state index contributed by atoms with van der Waals surface area (Å²) in [5.74, 6) is -0.519. The van der Waals surface area contributed by atoms with Crippen LogP contribution in [-0.2, 0) is 16.0 Å². The van der Waals surface area contributed by atoms with Crippen LogP contribution in [0.5, 0.6) is 0 Å². The fraction of sp³-hybridized carbons (Fsp3) is 0.364. The Hall–Kier alpha value is -2.73. The summed E-state index contributed by atoms with van der Waals surface area (Å²) in [7, 11) is 0. The normalized spacial score (nSPS) is 15.8. The summed E-state index contributed by atoms with van der Waals surface area (Å²) >= 11 is 0. The third kappa shape index (κ3) is 4.95. The van der Waals surface area contributed by atoms with Crippen LogP contribution in [0.3, 0.4) is 0 Å². The van der Waals surface area contributed by atoms with Crippen molar-refractivity contribution in [3.63, 3.8) is 0 Å². The number of aryl methyl sites for hydroxylation is 1. The van der Waals surface area contributed by atoms with Gasteiger partial charge < -0.3 is 15.5 Å². The van der Waals surface area contributed by atoms with Crippen LogP contribution >= 0.6 is 0 Å². The molecule has 3 rings (SSSR count). The molecule has 1 aliphatic heterocycles. The van der Waals surface area contributed by atoms with Crippen LogP contribution in [0, 0.1) is 12.7 Å². The molecule has 1 saturated heterocycles. The zero-order chi connectivity index (χ0) is 20.1. The van der Waals surface area contributed by atoms with E-state index >= 15 is 0 Å². The van der Waals surface area contributed by atoms with Gasteiger partial charge in [0.15, 0.2) is 0 Å². The molecule has 2 aromatic rings. The van der Waals surface area contributed by atoms with Crippen molar-refractivity contribution in [1.82, 2.24) is 9.80 Å². The molecule has 1 heterocycles. The smallest absolute Gasteiger partial charge is 0.244 e. The van der Waals surface area contributed by atoms with E-state index < -0.39 is 6.04 Å². The molecule has 0 bridgehead atoms. The molecule has 148 valence electrons. The lowest BCUT2D eigenvalue weighted by atomic mass is 10.0. The van der Waals surface area contributed by atoms with E-state index in [0.717, 1.165) is 11.1 Å². The topological polar surface area (TPSA) is 66.6 Å². The van der Waals surface area contributed by atoms with E-state index in [-0.39, 0.29) is 24.1 Å². The lowest BCUT2D eigenvalue weighted by molar-refractivity contribution is -0.134. The van der Waals surface area contributed by atoms with Crippen molar-refractivity contribution in [3.05, 3.63) is 71.0 Å². The van der Waals surface area contributed by atoms with Crippen LogP contribution in [0.4, 0.5) is 4.39 Å². The summed E-state index contributed by atoms with van der Waals surface area (Å²) in [5, 5.41) is 0. The SMILES string of the molecule is Cc1ccc(C(N)C(=O)N2CCCN(C(=O)Cc3cccc(F)c3)CC2)cc1. The molecule has 1 fully saturated rings. The third-order valence-electron chi connectivity index (χ3n) is 5.11. The predicted octanol–water partition coefficient (Wildman–Crippen LogP) is 2.44. The quantitative estimate of drug-likeness (QED) is 0.882. The Morgan fingerprint density at radius 2 is 1.71 bits per heavy atom. The number of nitrogens with two attached hydrogens (primary N) is 1. The second-order valence-corrected chi connectivity index (χ2v) is 7.25. The van der Waals surface area contributed by atoms with Crippen molar-refractivity contribution in [2.45, 2.75) is 25.8 Å². The lowest BCUT2D eigenvalue weighted by Crippen LogP contribution is -2.41. The van der Waals surface area contributed by atoms with Gasteiger partial charge in [-0.1, -0.05) is 42.0 Å². The van der Waals surface area contributed by atoms with E-state index in [4.69, 9.17) is 5.73 Å². The molecule has 0 radical (unpaired) electrons. The molecule has 0 aliphatic carbocycles.